The first kappa shape index (κ1) is 27.4. The van der Waals surface area contributed by atoms with Gasteiger partial charge in [0.25, 0.3) is 0 Å². The molecule has 2 aromatic carbocycles. The van der Waals surface area contributed by atoms with E-state index in [1.54, 1.807) is 33.8 Å². The summed E-state index contributed by atoms with van der Waals surface area (Å²) >= 11 is 0. The average molecular weight is 509 g/mol. The Morgan fingerprint density at radius 1 is 0.973 bits per heavy atom. The van der Waals surface area contributed by atoms with Crippen molar-refractivity contribution in [1.29, 1.82) is 0 Å². The number of aliphatic carboxylic acids is 1. The van der Waals surface area contributed by atoms with Gasteiger partial charge in [0.2, 0.25) is 11.8 Å². The van der Waals surface area contributed by atoms with Crippen LogP contribution in [0.1, 0.15) is 42.5 Å². The van der Waals surface area contributed by atoms with Gasteiger partial charge in [0.1, 0.15) is 23.4 Å². The molecule has 0 bridgehead atoms. The van der Waals surface area contributed by atoms with Crippen LogP contribution in [0, 0.1) is 19.8 Å². The maximum absolute atomic E-state index is 13.0. The molecule has 4 N–H and O–H groups in total. The number of hydrogen-bond acceptors (Lipinski definition) is 6. The van der Waals surface area contributed by atoms with E-state index in [1.165, 1.54) is 6.07 Å². The molecule has 1 aromatic heterocycles. The smallest absolute Gasteiger partial charge is 0.339 e. The van der Waals surface area contributed by atoms with Gasteiger partial charge in [-0.15, -0.1) is 0 Å². The summed E-state index contributed by atoms with van der Waals surface area (Å²) in [4.78, 5) is 50.1. The zero-order chi connectivity index (χ0) is 27.3. The molecule has 3 aromatic rings. The Labute approximate surface area is 214 Å². The number of fused-ring (bicyclic) bond motifs is 1. The summed E-state index contributed by atoms with van der Waals surface area (Å²) in [5, 5.41) is 25.3. The van der Waals surface area contributed by atoms with Crippen LogP contribution in [0.25, 0.3) is 11.0 Å². The minimum absolute atomic E-state index is 0.0208. The number of hydrogen-bond donors (Lipinski definition) is 4. The summed E-state index contributed by atoms with van der Waals surface area (Å²) in [6, 6.07) is 10.2. The lowest BCUT2D eigenvalue weighted by Crippen LogP contribution is -2.53. The Bertz CT molecular complexity index is 1360. The highest BCUT2D eigenvalue weighted by atomic mass is 16.4. The molecule has 2 atom stereocenters. The van der Waals surface area contributed by atoms with Crippen molar-refractivity contribution in [2.75, 3.05) is 0 Å². The molecule has 1 heterocycles. The fourth-order valence-corrected chi connectivity index (χ4v) is 4.20. The molecule has 9 nitrogen and oxygen atoms in total. The van der Waals surface area contributed by atoms with Gasteiger partial charge in [-0.1, -0.05) is 44.2 Å². The quantitative estimate of drug-likeness (QED) is 0.308. The number of aromatic hydroxyl groups is 1. The first-order chi connectivity index (χ1) is 17.5. The molecule has 37 heavy (non-hydrogen) atoms. The van der Waals surface area contributed by atoms with Crippen LogP contribution >= 0.6 is 0 Å². The van der Waals surface area contributed by atoms with E-state index in [0.29, 0.717) is 27.7 Å². The van der Waals surface area contributed by atoms with Gasteiger partial charge in [-0.05, 0) is 49.4 Å². The van der Waals surface area contributed by atoms with Gasteiger partial charge in [-0.3, -0.25) is 9.59 Å². The molecular weight excluding hydrogens is 476 g/mol. The maximum Gasteiger partial charge on any atom is 0.339 e. The monoisotopic (exact) mass is 508 g/mol. The Hall–Kier alpha value is -4.14. The molecule has 0 aliphatic heterocycles. The first-order valence-corrected chi connectivity index (χ1v) is 12.1. The molecule has 2 unspecified atom stereocenters. The number of phenols is 1. The van der Waals surface area contributed by atoms with E-state index in [9.17, 15) is 29.4 Å². The number of carboxylic acid groups (broad SMARTS) is 1. The molecule has 0 aliphatic rings. The van der Waals surface area contributed by atoms with Crippen LogP contribution in [-0.2, 0) is 27.2 Å². The van der Waals surface area contributed by atoms with Crippen LogP contribution < -0.4 is 16.3 Å². The Morgan fingerprint density at radius 2 is 1.65 bits per heavy atom. The van der Waals surface area contributed by atoms with Crippen LogP contribution in [0.3, 0.4) is 0 Å². The van der Waals surface area contributed by atoms with Crippen molar-refractivity contribution in [3.05, 3.63) is 75.1 Å². The number of phenolic OH excluding ortho intramolecular Hbond substituents is 1. The molecule has 196 valence electrons. The summed E-state index contributed by atoms with van der Waals surface area (Å²) in [5.41, 5.74) is 1.95. The molecule has 0 radical (unpaired) electrons. The van der Waals surface area contributed by atoms with Crippen LogP contribution in [0.5, 0.6) is 5.75 Å². The van der Waals surface area contributed by atoms with Gasteiger partial charge >= 0.3 is 11.6 Å². The standard InChI is InChI=1S/C28H32N2O7/c1-15(2)24(27(34)35)30-26(33)21(14-18-8-6-5-7-9-18)29-23(32)13-11-20-16(3)19-10-12-22(31)17(4)25(19)37-28(20)36/h5-10,12,15,21,24,31H,11,13-14H2,1-4H3,(H,29,32)(H,30,33)(H,34,35). The van der Waals surface area contributed by atoms with Crippen LogP contribution in [0.2, 0.25) is 0 Å². The van der Waals surface area contributed by atoms with E-state index >= 15 is 0 Å². The van der Waals surface area contributed by atoms with Gasteiger partial charge in [0, 0.05) is 29.4 Å². The third-order valence-corrected chi connectivity index (χ3v) is 6.44. The molecule has 0 spiro atoms. The van der Waals surface area contributed by atoms with Gasteiger partial charge < -0.3 is 25.3 Å². The van der Waals surface area contributed by atoms with Crippen molar-refractivity contribution in [2.45, 2.75) is 59.0 Å². The topological polar surface area (TPSA) is 146 Å². The normalized spacial score (nSPS) is 12.8. The Balaban J connectivity index is 1.78. The van der Waals surface area contributed by atoms with Crippen molar-refractivity contribution in [1.82, 2.24) is 10.6 Å². The van der Waals surface area contributed by atoms with Crippen molar-refractivity contribution >= 4 is 28.8 Å². The van der Waals surface area contributed by atoms with Gasteiger partial charge in [0.15, 0.2) is 0 Å². The molecule has 0 aliphatic carbocycles. The highest BCUT2D eigenvalue weighted by molar-refractivity contribution is 5.91. The summed E-state index contributed by atoms with van der Waals surface area (Å²) < 4.78 is 5.44. The zero-order valence-electron chi connectivity index (χ0n) is 21.3. The zero-order valence-corrected chi connectivity index (χ0v) is 21.3. The largest absolute Gasteiger partial charge is 0.508 e. The minimum Gasteiger partial charge on any atom is -0.508 e. The number of carbonyl (C=O) groups is 3. The van der Waals surface area contributed by atoms with Gasteiger partial charge in [0.05, 0.1) is 0 Å². The minimum atomic E-state index is -1.16. The number of amides is 2. The molecule has 0 fully saturated rings. The predicted molar refractivity (Wildman–Crippen MR) is 138 cm³/mol. The Kier molecular flexibility index (Phi) is 8.70. The number of carbonyl (C=O) groups excluding carboxylic acids is 2. The molecule has 0 saturated heterocycles. The highest BCUT2D eigenvalue weighted by Crippen LogP contribution is 2.28. The van der Waals surface area contributed by atoms with Gasteiger partial charge in [-0.2, -0.15) is 0 Å². The number of rotatable bonds is 10. The predicted octanol–water partition coefficient (Wildman–Crippen LogP) is 3.00. The van der Waals surface area contributed by atoms with Crippen molar-refractivity contribution in [3.63, 3.8) is 0 Å². The van der Waals surface area contributed by atoms with Gasteiger partial charge in [-0.25, -0.2) is 9.59 Å². The second-order valence-corrected chi connectivity index (χ2v) is 9.46. The van der Waals surface area contributed by atoms with E-state index in [0.717, 1.165) is 5.56 Å². The summed E-state index contributed by atoms with van der Waals surface area (Å²) in [5.74, 6) is -2.55. The summed E-state index contributed by atoms with van der Waals surface area (Å²) in [7, 11) is 0. The van der Waals surface area contributed by atoms with Crippen molar-refractivity contribution in [2.24, 2.45) is 5.92 Å². The molecule has 2 amide bonds. The second kappa shape index (κ2) is 11.7. The second-order valence-electron chi connectivity index (χ2n) is 9.46. The van der Waals surface area contributed by atoms with Crippen LogP contribution in [0.15, 0.2) is 51.7 Å². The maximum atomic E-state index is 13.0. The summed E-state index contributed by atoms with van der Waals surface area (Å²) in [6.45, 7) is 6.78. The molecule has 9 heteroatoms. The van der Waals surface area contributed by atoms with Crippen molar-refractivity contribution in [3.8, 4) is 5.75 Å². The number of benzene rings is 2. The van der Waals surface area contributed by atoms with Crippen LogP contribution in [-0.4, -0.2) is 40.1 Å². The van der Waals surface area contributed by atoms with E-state index in [2.05, 4.69) is 10.6 Å². The number of aryl methyl sites for hydroxylation is 2. The number of nitrogens with one attached hydrogen (secondary N) is 2. The Morgan fingerprint density at radius 3 is 2.27 bits per heavy atom. The molecular formula is C28H32N2O7. The molecule has 0 saturated carbocycles. The lowest BCUT2D eigenvalue weighted by molar-refractivity contribution is -0.143. The van der Waals surface area contributed by atoms with E-state index in [4.69, 9.17) is 4.42 Å². The SMILES string of the molecule is Cc1c(CCC(=O)NC(Cc2ccccc2)C(=O)NC(C(=O)O)C(C)C)c(=O)oc2c(C)c(O)ccc12. The third-order valence-electron chi connectivity index (χ3n) is 6.44. The fraction of sp³-hybridized carbons (Fsp3) is 0.357. The average Bonchev–Trinajstić information content (AvgIpc) is 2.84. The lowest BCUT2D eigenvalue weighted by atomic mass is 9.99. The first-order valence-electron chi connectivity index (χ1n) is 12.1. The van der Waals surface area contributed by atoms with Crippen molar-refractivity contribution < 1.29 is 29.0 Å². The third kappa shape index (κ3) is 6.55. The lowest BCUT2D eigenvalue weighted by Gasteiger charge is -2.23. The fourth-order valence-electron chi connectivity index (χ4n) is 4.20. The van der Waals surface area contributed by atoms with Crippen LogP contribution in [0.4, 0.5) is 0 Å². The van der Waals surface area contributed by atoms with E-state index < -0.39 is 35.5 Å². The van der Waals surface area contributed by atoms with E-state index in [1.807, 2.05) is 30.3 Å². The van der Waals surface area contributed by atoms with E-state index in [-0.39, 0.29) is 30.9 Å². The highest BCUT2D eigenvalue weighted by Gasteiger charge is 2.29. The molecule has 3 rings (SSSR count). The summed E-state index contributed by atoms with van der Waals surface area (Å²) in [6.07, 6.45) is 0.168. The number of carboxylic acids is 1.